The van der Waals surface area contributed by atoms with Gasteiger partial charge in [-0.15, -0.1) is 0 Å². The fourth-order valence-corrected chi connectivity index (χ4v) is 2.97. The monoisotopic (exact) mass is 337 g/mol. The molecule has 1 aliphatic carbocycles. The summed E-state index contributed by atoms with van der Waals surface area (Å²) in [5.74, 6) is 0.629. The number of nitro groups is 1. The maximum atomic E-state index is 10.9. The third-order valence-electron chi connectivity index (χ3n) is 2.87. The van der Waals surface area contributed by atoms with Gasteiger partial charge in [0.15, 0.2) is 0 Å². The number of benzene rings is 1. The van der Waals surface area contributed by atoms with Crippen molar-refractivity contribution >= 4 is 44.8 Å². The third-order valence-corrected chi connectivity index (χ3v) is 4.66. The van der Waals surface area contributed by atoms with Crippen LogP contribution in [0.4, 0.5) is 5.69 Å². The summed E-state index contributed by atoms with van der Waals surface area (Å²) in [5.41, 5.74) is 0.683. The molecule has 0 aliphatic heterocycles. The predicted octanol–water partition coefficient (Wildman–Crippen LogP) is 4.62. The number of hydrogen-bond donors (Lipinski definition) is 0. The first-order valence-electron chi connectivity index (χ1n) is 5.25. The Labute approximate surface area is 117 Å². The number of alkyl halides is 1. The lowest BCUT2D eigenvalue weighted by Gasteiger charge is -2.09. The predicted molar refractivity (Wildman–Crippen MR) is 72.3 cm³/mol. The van der Waals surface area contributed by atoms with Crippen LogP contribution in [0.2, 0.25) is 10.0 Å². The van der Waals surface area contributed by atoms with E-state index in [1.807, 2.05) is 0 Å². The van der Waals surface area contributed by atoms with E-state index in [9.17, 15) is 10.1 Å². The molecule has 1 atom stereocenters. The Balaban J connectivity index is 2.29. The van der Waals surface area contributed by atoms with Crippen molar-refractivity contribution in [2.24, 2.45) is 5.92 Å². The van der Waals surface area contributed by atoms with Crippen LogP contribution >= 0.6 is 39.1 Å². The van der Waals surface area contributed by atoms with Crippen molar-refractivity contribution in [3.63, 3.8) is 0 Å². The molecule has 0 radical (unpaired) electrons. The van der Waals surface area contributed by atoms with Crippen LogP contribution in [0.15, 0.2) is 12.1 Å². The SMILES string of the molecule is O=[N+]([O-])c1cc(Cl)c(Cl)cc1CC(Br)C1CC1. The van der Waals surface area contributed by atoms with Gasteiger partial charge < -0.3 is 0 Å². The van der Waals surface area contributed by atoms with E-state index in [-0.39, 0.29) is 15.5 Å². The zero-order valence-corrected chi connectivity index (χ0v) is 11.9. The number of nitrogens with zero attached hydrogens (tertiary/aromatic N) is 1. The molecule has 17 heavy (non-hydrogen) atoms. The van der Waals surface area contributed by atoms with Crippen LogP contribution in [0.3, 0.4) is 0 Å². The van der Waals surface area contributed by atoms with Crippen LogP contribution in [0.1, 0.15) is 18.4 Å². The topological polar surface area (TPSA) is 43.1 Å². The van der Waals surface area contributed by atoms with Gasteiger partial charge in [-0.1, -0.05) is 39.1 Å². The molecule has 1 aromatic carbocycles. The van der Waals surface area contributed by atoms with E-state index in [1.54, 1.807) is 6.07 Å². The highest BCUT2D eigenvalue weighted by atomic mass is 79.9. The Kier molecular flexibility index (Phi) is 3.95. The molecule has 1 aromatic rings. The minimum Gasteiger partial charge on any atom is -0.258 e. The van der Waals surface area contributed by atoms with Gasteiger partial charge >= 0.3 is 0 Å². The van der Waals surface area contributed by atoms with E-state index in [1.165, 1.54) is 18.9 Å². The van der Waals surface area contributed by atoms with Crippen LogP contribution < -0.4 is 0 Å². The van der Waals surface area contributed by atoms with Gasteiger partial charge in [0.25, 0.3) is 5.69 Å². The first-order chi connectivity index (χ1) is 7.99. The van der Waals surface area contributed by atoms with Gasteiger partial charge in [0, 0.05) is 16.5 Å². The minimum absolute atomic E-state index is 0.0458. The Hall–Kier alpha value is -0.320. The van der Waals surface area contributed by atoms with Gasteiger partial charge in [0.1, 0.15) is 0 Å². The fourth-order valence-electron chi connectivity index (χ4n) is 1.75. The largest absolute Gasteiger partial charge is 0.274 e. The first kappa shape index (κ1) is 13.1. The second-order valence-electron chi connectivity index (χ2n) is 4.21. The average molecular weight is 339 g/mol. The highest BCUT2D eigenvalue weighted by molar-refractivity contribution is 9.09. The van der Waals surface area contributed by atoms with E-state index in [0.717, 1.165) is 0 Å². The van der Waals surface area contributed by atoms with Crippen molar-refractivity contribution in [3.8, 4) is 0 Å². The summed E-state index contributed by atoms with van der Waals surface area (Å²) in [6, 6.07) is 2.92. The van der Waals surface area contributed by atoms with E-state index in [2.05, 4.69) is 15.9 Å². The van der Waals surface area contributed by atoms with Gasteiger partial charge in [0.2, 0.25) is 0 Å². The molecule has 6 heteroatoms. The van der Waals surface area contributed by atoms with Crippen molar-refractivity contribution in [3.05, 3.63) is 37.9 Å². The molecule has 0 spiro atoms. The highest BCUT2D eigenvalue weighted by Gasteiger charge is 2.31. The zero-order chi connectivity index (χ0) is 12.6. The summed E-state index contributed by atoms with van der Waals surface area (Å²) in [7, 11) is 0. The quantitative estimate of drug-likeness (QED) is 0.456. The highest BCUT2D eigenvalue weighted by Crippen LogP contribution is 2.40. The Morgan fingerprint density at radius 1 is 1.41 bits per heavy atom. The van der Waals surface area contributed by atoms with Crippen LogP contribution in [-0.2, 0) is 6.42 Å². The van der Waals surface area contributed by atoms with Crippen molar-refractivity contribution in [2.45, 2.75) is 24.1 Å². The zero-order valence-electron chi connectivity index (χ0n) is 8.83. The van der Waals surface area contributed by atoms with E-state index < -0.39 is 4.92 Å². The molecule has 3 nitrogen and oxygen atoms in total. The molecular formula is C11H10BrCl2NO2. The van der Waals surface area contributed by atoms with Crippen LogP contribution in [-0.4, -0.2) is 9.75 Å². The van der Waals surface area contributed by atoms with Crippen LogP contribution in [0.5, 0.6) is 0 Å². The summed E-state index contributed by atoms with van der Waals surface area (Å²) in [6.45, 7) is 0. The summed E-state index contributed by atoms with van der Waals surface area (Å²) in [5, 5.41) is 11.5. The molecule has 0 N–H and O–H groups in total. The molecule has 1 fully saturated rings. The summed E-state index contributed by atoms with van der Waals surface area (Å²) < 4.78 is 0. The Bertz CT molecular complexity index is 463. The third kappa shape index (κ3) is 3.12. The Morgan fingerprint density at radius 2 is 2.00 bits per heavy atom. The lowest BCUT2D eigenvalue weighted by atomic mass is 10.1. The molecule has 92 valence electrons. The maximum Gasteiger partial charge on any atom is 0.274 e. The lowest BCUT2D eigenvalue weighted by Crippen LogP contribution is -2.07. The molecule has 0 heterocycles. The number of halogens is 3. The van der Waals surface area contributed by atoms with Gasteiger partial charge in [0.05, 0.1) is 15.0 Å². The van der Waals surface area contributed by atoms with Crippen molar-refractivity contribution in [1.29, 1.82) is 0 Å². The van der Waals surface area contributed by atoms with E-state index in [4.69, 9.17) is 23.2 Å². The summed E-state index contributed by atoms with van der Waals surface area (Å²) >= 11 is 15.3. The van der Waals surface area contributed by atoms with Gasteiger partial charge in [-0.3, -0.25) is 10.1 Å². The molecule has 1 unspecified atom stereocenters. The molecule has 0 saturated heterocycles. The lowest BCUT2D eigenvalue weighted by molar-refractivity contribution is -0.385. The van der Waals surface area contributed by atoms with E-state index >= 15 is 0 Å². The Morgan fingerprint density at radius 3 is 2.53 bits per heavy atom. The number of nitro benzene ring substituents is 1. The maximum absolute atomic E-state index is 10.9. The molecule has 2 rings (SSSR count). The number of rotatable bonds is 4. The normalized spacial score (nSPS) is 16.9. The van der Waals surface area contributed by atoms with Gasteiger partial charge in [-0.05, 0) is 31.2 Å². The van der Waals surface area contributed by atoms with Crippen molar-refractivity contribution < 1.29 is 4.92 Å². The molecule has 0 aromatic heterocycles. The summed E-state index contributed by atoms with van der Waals surface area (Å²) in [4.78, 5) is 10.8. The molecule has 0 amide bonds. The number of hydrogen-bond acceptors (Lipinski definition) is 2. The second-order valence-corrected chi connectivity index (χ2v) is 6.20. The second kappa shape index (κ2) is 5.12. The molecule has 1 aliphatic rings. The molecular weight excluding hydrogens is 329 g/mol. The minimum atomic E-state index is -0.413. The van der Waals surface area contributed by atoms with Crippen LogP contribution in [0.25, 0.3) is 0 Å². The van der Waals surface area contributed by atoms with Crippen LogP contribution in [0, 0.1) is 16.0 Å². The van der Waals surface area contributed by atoms with E-state index in [0.29, 0.717) is 22.9 Å². The standard InChI is InChI=1S/C11H10BrCl2NO2/c12-8(6-1-2-6)3-7-4-9(13)10(14)5-11(7)15(16)17/h4-6,8H,1-3H2. The molecule has 1 saturated carbocycles. The summed E-state index contributed by atoms with van der Waals surface area (Å²) in [6.07, 6.45) is 2.98. The van der Waals surface area contributed by atoms with Crippen molar-refractivity contribution in [2.75, 3.05) is 0 Å². The van der Waals surface area contributed by atoms with Gasteiger partial charge in [-0.2, -0.15) is 0 Å². The average Bonchev–Trinajstić information content (AvgIpc) is 3.06. The smallest absolute Gasteiger partial charge is 0.258 e. The van der Waals surface area contributed by atoms with Crippen molar-refractivity contribution in [1.82, 2.24) is 0 Å². The fraction of sp³-hybridized carbons (Fsp3) is 0.455. The molecule has 0 bridgehead atoms. The van der Waals surface area contributed by atoms with Gasteiger partial charge in [-0.25, -0.2) is 0 Å². The first-order valence-corrected chi connectivity index (χ1v) is 6.92.